The maximum atomic E-state index is 11.0. The molecule has 86 valence electrons. The van der Waals surface area contributed by atoms with Gasteiger partial charge in [-0.15, -0.1) is 0 Å². The molecule has 1 aromatic rings. The van der Waals surface area contributed by atoms with Crippen molar-refractivity contribution < 1.29 is 14.3 Å². The summed E-state index contributed by atoms with van der Waals surface area (Å²) in [5.74, 6) is 0.402. The van der Waals surface area contributed by atoms with Gasteiger partial charge in [0.2, 0.25) is 5.90 Å². The molecule has 0 radical (unpaired) electrons. The fourth-order valence-electron chi connectivity index (χ4n) is 1.07. The van der Waals surface area contributed by atoms with E-state index in [9.17, 15) is 4.79 Å². The number of carbonyl (C=O) groups is 1. The predicted molar refractivity (Wildman–Crippen MR) is 59.7 cm³/mol. The average molecular weight is 222 g/mol. The Labute approximate surface area is 94.1 Å². The minimum Gasteiger partial charge on any atom is -0.484 e. The molecule has 5 heteroatoms. The molecule has 1 aromatic heterocycles. The van der Waals surface area contributed by atoms with Gasteiger partial charge in [0, 0.05) is 5.69 Å². The molecule has 0 saturated carbocycles. The summed E-state index contributed by atoms with van der Waals surface area (Å²) in [5, 5.41) is 0. The molecule has 0 aliphatic heterocycles. The van der Waals surface area contributed by atoms with Crippen LogP contribution in [0.4, 0.5) is 5.82 Å². The van der Waals surface area contributed by atoms with Gasteiger partial charge < -0.3 is 9.47 Å². The van der Waals surface area contributed by atoms with Gasteiger partial charge in [-0.3, -0.25) is 4.79 Å². The molecular formula is C11H14N2O3. The van der Waals surface area contributed by atoms with E-state index in [-0.39, 0.29) is 12.3 Å². The van der Waals surface area contributed by atoms with Crippen LogP contribution in [0.1, 0.15) is 12.1 Å². The van der Waals surface area contributed by atoms with Crippen LogP contribution < -0.4 is 0 Å². The lowest BCUT2D eigenvalue weighted by Crippen LogP contribution is -2.10. The summed E-state index contributed by atoms with van der Waals surface area (Å²) in [5.41, 5.74) is 0.856. The van der Waals surface area contributed by atoms with E-state index in [1.165, 1.54) is 14.2 Å². The summed E-state index contributed by atoms with van der Waals surface area (Å²) >= 11 is 0. The van der Waals surface area contributed by atoms with E-state index in [2.05, 4.69) is 14.7 Å². The SMILES string of the molecule is COC(=O)C/C(=N/c1cccc(C)n1)OC. The molecule has 0 unspecified atom stereocenters. The Hall–Kier alpha value is -1.91. The van der Waals surface area contributed by atoms with Gasteiger partial charge >= 0.3 is 5.97 Å². The predicted octanol–water partition coefficient (Wildman–Crippen LogP) is 1.63. The lowest BCUT2D eigenvalue weighted by molar-refractivity contribution is -0.139. The molecule has 0 bridgehead atoms. The lowest BCUT2D eigenvalue weighted by Gasteiger charge is -2.03. The number of esters is 1. The molecule has 0 saturated heterocycles. The second kappa shape index (κ2) is 5.85. The Bertz CT molecular complexity index is 402. The number of methoxy groups -OCH3 is 2. The van der Waals surface area contributed by atoms with Crippen LogP contribution in [0.15, 0.2) is 23.2 Å². The third-order valence-electron chi connectivity index (χ3n) is 1.87. The molecule has 0 spiro atoms. The van der Waals surface area contributed by atoms with Gasteiger partial charge in [-0.1, -0.05) is 6.07 Å². The average Bonchev–Trinajstić information content (AvgIpc) is 2.28. The van der Waals surface area contributed by atoms with E-state index in [1.807, 2.05) is 19.1 Å². The topological polar surface area (TPSA) is 60.8 Å². The van der Waals surface area contributed by atoms with Crippen molar-refractivity contribution in [1.29, 1.82) is 0 Å². The Morgan fingerprint density at radius 3 is 2.69 bits per heavy atom. The molecule has 0 aliphatic carbocycles. The quantitative estimate of drug-likeness (QED) is 0.443. The summed E-state index contributed by atoms with van der Waals surface area (Å²) in [6, 6.07) is 5.45. The van der Waals surface area contributed by atoms with Gasteiger partial charge in [-0.25, -0.2) is 4.98 Å². The standard InChI is InChI=1S/C11H14N2O3/c1-8-5-4-6-9(12-8)13-10(15-2)7-11(14)16-3/h4-6H,7H2,1-3H3/b13-10-. The van der Waals surface area contributed by atoms with Crippen LogP contribution in [0.5, 0.6) is 0 Å². The smallest absolute Gasteiger partial charge is 0.314 e. The Kier molecular flexibility index (Phi) is 4.44. The maximum absolute atomic E-state index is 11.0. The highest BCUT2D eigenvalue weighted by molar-refractivity contribution is 5.95. The lowest BCUT2D eigenvalue weighted by atomic mass is 10.4. The van der Waals surface area contributed by atoms with Gasteiger partial charge in [0.1, 0.15) is 6.42 Å². The molecule has 5 nitrogen and oxygen atoms in total. The number of pyridine rings is 1. The van der Waals surface area contributed by atoms with Crippen molar-refractivity contribution in [3.63, 3.8) is 0 Å². The van der Waals surface area contributed by atoms with Crippen LogP contribution in [0.25, 0.3) is 0 Å². The summed E-state index contributed by atoms with van der Waals surface area (Å²) in [7, 11) is 2.78. The first-order valence-electron chi connectivity index (χ1n) is 4.77. The zero-order valence-electron chi connectivity index (χ0n) is 9.56. The van der Waals surface area contributed by atoms with E-state index in [0.717, 1.165) is 5.69 Å². The van der Waals surface area contributed by atoms with Crippen LogP contribution in [0.2, 0.25) is 0 Å². The van der Waals surface area contributed by atoms with E-state index < -0.39 is 5.97 Å². The highest BCUT2D eigenvalue weighted by Gasteiger charge is 2.08. The van der Waals surface area contributed by atoms with E-state index in [1.54, 1.807) is 6.07 Å². The molecule has 0 amide bonds. The monoisotopic (exact) mass is 222 g/mol. The van der Waals surface area contributed by atoms with Crippen LogP contribution in [-0.4, -0.2) is 31.1 Å². The van der Waals surface area contributed by atoms with Gasteiger partial charge in [0.15, 0.2) is 5.82 Å². The number of aryl methyl sites for hydroxylation is 1. The maximum Gasteiger partial charge on any atom is 0.314 e. The zero-order valence-corrected chi connectivity index (χ0v) is 9.56. The third-order valence-corrected chi connectivity index (χ3v) is 1.87. The number of hydrogen-bond donors (Lipinski definition) is 0. The highest BCUT2D eigenvalue weighted by Crippen LogP contribution is 2.09. The van der Waals surface area contributed by atoms with Crippen molar-refractivity contribution in [1.82, 2.24) is 4.98 Å². The number of carbonyl (C=O) groups excluding carboxylic acids is 1. The fourth-order valence-corrected chi connectivity index (χ4v) is 1.07. The number of ether oxygens (including phenoxy) is 2. The first-order chi connectivity index (χ1) is 7.65. The van der Waals surface area contributed by atoms with Crippen LogP contribution in [0, 0.1) is 6.92 Å². The Balaban J connectivity index is 2.83. The number of hydrogen-bond acceptors (Lipinski definition) is 5. The molecule has 0 fully saturated rings. The second-order valence-corrected chi connectivity index (χ2v) is 3.10. The van der Waals surface area contributed by atoms with Crippen molar-refractivity contribution in [3.8, 4) is 0 Å². The molecule has 0 aromatic carbocycles. The Morgan fingerprint density at radius 1 is 1.38 bits per heavy atom. The molecular weight excluding hydrogens is 208 g/mol. The van der Waals surface area contributed by atoms with E-state index >= 15 is 0 Å². The van der Waals surface area contributed by atoms with Gasteiger partial charge in [0.25, 0.3) is 0 Å². The molecule has 0 aliphatic rings. The van der Waals surface area contributed by atoms with Gasteiger partial charge in [0.05, 0.1) is 14.2 Å². The normalized spacial score (nSPS) is 11.1. The van der Waals surface area contributed by atoms with Gasteiger partial charge in [-0.05, 0) is 19.1 Å². The van der Waals surface area contributed by atoms with Crippen LogP contribution in [-0.2, 0) is 14.3 Å². The summed E-state index contributed by atoms with van der Waals surface area (Å²) < 4.78 is 9.50. The molecule has 0 atom stereocenters. The molecule has 16 heavy (non-hydrogen) atoms. The molecule has 0 N–H and O–H groups in total. The summed E-state index contributed by atoms with van der Waals surface area (Å²) in [4.78, 5) is 19.3. The minimum absolute atomic E-state index is 0.00260. The number of aromatic nitrogens is 1. The third kappa shape index (κ3) is 3.68. The second-order valence-electron chi connectivity index (χ2n) is 3.10. The first kappa shape index (κ1) is 12.2. The van der Waals surface area contributed by atoms with Crippen molar-refractivity contribution in [2.75, 3.05) is 14.2 Å². The van der Waals surface area contributed by atoms with Crippen molar-refractivity contribution >= 4 is 17.7 Å². The number of rotatable bonds is 3. The van der Waals surface area contributed by atoms with Crippen LogP contribution >= 0.6 is 0 Å². The van der Waals surface area contributed by atoms with Crippen molar-refractivity contribution in [3.05, 3.63) is 23.9 Å². The minimum atomic E-state index is -0.395. The van der Waals surface area contributed by atoms with E-state index in [4.69, 9.17) is 4.74 Å². The number of aliphatic imine (C=N–C) groups is 1. The Morgan fingerprint density at radius 2 is 2.12 bits per heavy atom. The fraction of sp³-hybridized carbons (Fsp3) is 0.364. The van der Waals surface area contributed by atoms with Gasteiger partial charge in [-0.2, -0.15) is 4.99 Å². The molecule has 1 rings (SSSR count). The van der Waals surface area contributed by atoms with E-state index in [0.29, 0.717) is 5.82 Å². The zero-order chi connectivity index (χ0) is 12.0. The summed E-state index contributed by atoms with van der Waals surface area (Å²) in [6.07, 6.45) is 0.00260. The highest BCUT2D eigenvalue weighted by atomic mass is 16.5. The van der Waals surface area contributed by atoms with Crippen molar-refractivity contribution in [2.24, 2.45) is 4.99 Å². The van der Waals surface area contributed by atoms with Crippen LogP contribution in [0.3, 0.4) is 0 Å². The molecule has 1 heterocycles. The largest absolute Gasteiger partial charge is 0.484 e. The summed E-state index contributed by atoms with van der Waals surface area (Å²) in [6.45, 7) is 1.87. The number of nitrogens with zero attached hydrogens (tertiary/aromatic N) is 2. The van der Waals surface area contributed by atoms with Crippen molar-refractivity contribution in [2.45, 2.75) is 13.3 Å². The first-order valence-corrected chi connectivity index (χ1v) is 4.77.